The summed E-state index contributed by atoms with van der Waals surface area (Å²) in [6.45, 7) is 0. The SMILES string of the molecule is NS(=O)(=O)c1cccc(Cc2cccc(/C=C/c3ccncc3)c2)c1. The first-order valence-electron chi connectivity index (χ1n) is 7.79. The summed E-state index contributed by atoms with van der Waals surface area (Å²) in [5, 5.41) is 5.20. The third kappa shape index (κ3) is 4.86. The minimum atomic E-state index is -3.68. The van der Waals surface area contributed by atoms with Crippen LogP contribution in [0.25, 0.3) is 12.2 Å². The normalized spacial score (nSPS) is 11.7. The van der Waals surface area contributed by atoms with Crippen LogP contribution in [-0.4, -0.2) is 13.4 Å². The first kappa shape index (κ1) is 17.1. The highest BCUT2D eigenvalue weighted by molar-refractivity contribution is 7.89. The van der Waals surface area contributed by atoms with Gasteiger partial charge < -0.3 is 0 Å². The smallest absolute Gasteiger partial charge is 0.238 e. The van der Waals surface area contributed by atoms with Gasteiger partial charge in [0.2, 0.25) is 10.0 Å². The molecule has 0 atom stereocenters. The van der Waals surface area contributed by atoms with Gasteiger partial charge in [-0.3, -0.25) is 4.98 Å². The molecule has 0 unspecified atom stereocenters. The fourth-order valence-electron chi connectivity index (χ4n) is 2.54. The topological polar surface area (TPSA) is 73.1 Å². The fourth-order valence-corrected chi connectivity index (χ4v) is 3.13. The van der Waals surface area contributed by atoms with E-state index in [1.165, 1.54) is 6.07 Å². The van der Waals surface area contributed by atoms with Crippen molar-refractivity contribution in [1.29, 1.82) is 0 Å². The Balaban J connectivity index is 1.79. The second-order valence-corrected chi connectivity index (χ2v) is 7.29. The van der Waals surface area contributed by atoms with Gasteiger partial charge in [-0.15, -0.1) is 0 Å². The number of rotatable bonds is 5. The zero-order chi connectivity index (χ0) is 17.7. The molecule has 2 N–H and O–H groups in total. The van der Waals surface area contributed by atoms with E-state index in [9.17, 15) is 8.42 Å². The summed E-state index contributed by atoms with van der Waals surface area (Å²) in [7, 11) is -3.68. The summed E-state index contributed by atoms with van der Waals surface area (Å²) in [6.07, 6.45) is 8.23. The van der Waals surface area contributed by atoms with Crippen molar-refractivity contribution in [3.63, 3.8) is 0 Å². The maximum Gasteiger partial charge on any atom is 0.238 e. The second kappa shape index (κ2) is 7.42. The van der Waals surface area contributed by atoms with Crippen molar-refractivity contribution in [3.8, 4) is 0 Å². The van der Waals surface area contributed by atoms with Gasteiger partial charge >= 0.3 is 0 Å². The lowest BCUT2D eigenvalue weighted by molar-refractivity contribution is 0.597. The van der Waals surface area contributed by atoms with Crippen LogP contribution in [0.5, 0.6) is 0 Å². The largest absolute Gasteiger partial charge is 0.265 e. The van der Waals surface area contributed by atoms with Crippen LogP contribution in [0.2, 0.25) is 0 Å². The third-order valence-corrected chi connectivity index (χ3v) is 4.67. The number of nitrogens with two attached hydrogens (primary N) is 1. The molecule has 0 saturated heterocycles. The Kier molecular flexibility index (Phi) is 5.07. The molecule has 0 saturated carbocycles. The van der Waals surface area contributed by atoms with Crippen molar-refractivity contribution in [3.05, 3.63) is 95.3 Å². The Bertz CT molecular complexity index is 997. The number of primary sulfonamides is 1. The van der Waals surface area contributed by atoms with Crippen molar-refractivity contribution in [2.24, 2.45) is 5.14 Å². The van der Waals surface area contributed by atoms with Crippen molar-refractivity contribution in [2.75, 3.05) is 0 Å². The molecule has 3 rings (SSSR count). The number of hydrogen-bond acceptors (Lipinski definition) is 3. The van der Waals surface area contributed by atoms with E-state index in [4.69, 9.17) is 5.14 Å². The summed E-state index contributed by atoms with van der Waals surface area (Å²) in [5.41, 5.74) is 4.17. The number of hydrogen-bond donors (Lipinski definition) is 1. The summed E-state index contributed by atoms with van der Waals surface area (Å²) >= 11 is 0. The first-order chi connectivity index (χ1) is 12.0. The van der Waals surface area contributed by atoms with E-state index in [0.717, 1.165) is 22.3 Å². The van der Waals surface area contributed by atoms with Crippen LogP contribution in [-0.2, 0) is 16.4 Å². The maximum absolute atomic E-state index is 11.5. The molecule has 2 aromatic carbocycles. The standard InChI is InChI=1S/C20H18N2O2S/c21-25(23,24)20-6-2-5-19(15-20)14-18-4-1-3-17(13-18)8-7-16-9-11-22-12-10-16/h1-13,15H,14H2,(H2,21,23,24)/b8-7+. The number of pyridine rings is 1. The average molecular weight is 350 g/mol. The van der Waals surface area contributed by atoms with Crippen molar-refractivity contribution in [2.45, 2.75) is 11.3 Å². The van der Waals surface area contributed by atoms with E-state index in [1.807, 2.05) is 48.6 Å². The van der Waals surface area contributed by atoms with Gasteiger partial charge in [0, 0.05) is 12.4 Å². The summed E-state index contributed by atoms with van der Waals surface area (Å²) < 4.78 is 23.0. The number of nitrogens with zero attached hydrogens (tertiary/aromatic N) is 1. The highest BCUT2D eigenvalue weighted by Crippen LogP contribution is 2.16. The fraction of sp³-hybridized carbons (Fsp3) is 0.0500. The van der Waals surface area contributed by atoms with Crippen LogP contribution in [0.1, 0.15) is 22.3 Å². The van der Waals surface area contributed by atoms with Gasteiger partial charge in [0.05, 0.1) is 4.90 Å². The molecule has 0 spiro atoms. The lowest BCUT2D eigenvalue weighted by Crippen LogP contribution is -2.12. The van der Waals surface area contributed by atoms with Crippen LogP contribution in [0, 0.1) is 0 Å². The number of aromatic nitrogens is 1. The van der Waals surface area contributed by atoms with Crippen LogP contribution >= 0.6 is 0 Å². The van der Waals surface area contributed by atoms with E-state index in [1.54, 1.807) is 24.5 Å². The Hall–Kier alpha value is -2.76. The third-order valence-electron chi connectivity index (χ3n) is 3.76. The monoisotopic (exact) mass is 350 g/mol. The van der Waals surface area contributed by atoms with Gasteiger partial charge in [0.25, 0.3) is 0 Å². The van der Waals surface area contributed by atoms with Gasteiger partial charge in [-0.05, 0) is 52.9 Å². The molecule has 1 aromatic heterocycles. The molecule has 0 amide bonds. The van der Waals surface area contributed by atoms with Crippen LogP contribution < -0.4 is 5.14 Å². The molecule has 0 aliphatic carbocycles. The first-order valence-corrected chi connectivity index (χ1v) is 9.34. The summed E-state index contributed by atoms with van der Waals surface area (Å²) in [5.74, 6) is 0. The average Bonchev–Trinajstić information content (AvgIpc) is 2.61. The quantitative estimate of drug-likeness (QED) is 0.765. The predicted molar refractivity (Wildman–Crippen MR) is 100 cm³/mol. The minimum Gasteiger partial charge on any atom is -0.265 e. The van der Waals surface area contributed by atoms with Gasteiger partial charge in [-0.25, -0.2) is 13.6 Å². The predicted octanol–water partition coefficient (Wildman–Crippen LogP) is 3.49. The molecular weight excluding hydrogens is 332 g/mol. The molecule has 5 heteroatoms. The van der Waals surface area contributed by atoms with E-state index in [0.29, 0.717) is 6.42 Å². The molecule has 0 fully saturated rings. The van der Waals surface area contributed by atoms with Crippen LogP contribution in [0.3, 0.4) is 0 Å². The molecule has 126 valence electrons. The van der Waals surface area contributed by atoms with Gasteiger partial charge in [0.15, 0.2) is 0 Å². The molecular formula is C20H18N2O2S. The lowest BCUT2D eigenvalue weighted by atomic mass is 10.0. The maximum atomic E-state index is 11.5. The molecule has 3 aromatic rings. The summed E-state index contributed by atoms with van der Waals surface area (Å²) in [6, 6.07) is 18.7. The molecule has 1 heterocycles. The van der Waals surface area contributed by atoms with E-state index in [2.05, 4.69) is 11.1 Å². The Morgan fingerprint density at radius 3 is 2.20 bits per heavy atom. The lowest BCUT2D eigenvalue weighted by Gasteiger charge is -2.05. The summed E-state index contributed by atoms with van der Waals surface area (Å²) in [4.78, 5) is 4.14. The van der Waals surface area contributed by atoms with Crippen LogP contribution in [0.4, 0.5) is 0 Å². The molecule has 0 bridgehead atoms. The van der Waals surface area contributed by atoms with E-state index < -0.39 is 10.0 Å². The number of sulfonamides is 1. The zero-order valence-electron chi connectivity index (χ0n) is 13.5. The number of benzene rings is 2. The van der Waals surface area contributed by atoms with E-state index in [-0.39, 0.29) is 4.90 Å². The zero-order valence-corrected chi connectivity index (χ0v) is 14.4. The Labute approximate surface area is 147 Å². The Morgan fingerprint density at radius 1 is 0.840 bits per heavy atom. The minimum absolute atomic E-state index is 0.138. The highest BCUT2D eigenvalue weighted by atomic mass is 32.2. The van der Waals surface area contributed by atoms with Crippen molar-refractivity contribution >= 4 is 22.2 Å². The van der Waals surface area contributed by atoms with Crippen molar-refractivity contribution < 1.29 is 8.42 Å². The molecule has 25 heavy (non-hydrogen) atoms. The molecule has 0 aliphatic heterocycles. The molecule has 0 aliphatic rings. The molecule has 4 nitrogen and oxygen atoms in total. The highest BCUT2D eigenvalue weighted by Gasteiger charge is 2.08. The van der Waals surface area contributed by atoms with Crippen molar-refractivity contribution in [1.82, 2.24) is 4.98 Å². The van der Waals surface area contributed by atoms with Crippen LogP contribution in [0.15, 0.2) is 78.0 Å². The van der Waals surface area contributed by atoms with E-state index >= 15 is 0 Å². The molecule has 0 radical (unpaired) electrons. The second-order valence-electron chi connectivity index (χ2n) is 5.73. The van der Waals surface area contributed by atoms with Gasteiger partial charge in [-0.2, -0.15) is 0 Å². The van der Waals surface area contributed by atoms with Gasteiger partial charge in [-0.1, -0.05) is 48.6 Å². The Morgan fingerprint density at radius 2 is 1.48 bits per heavy atom. The van der Waals surface area contributed by atoms with Gasteiger partial charge in [0.1, 0.15) is 0 Å².